The van der Waals surface area contributed by atoms with Crippen LogP contribution in [0.2, 0.25) is 0 Å². The summed E-state index contributed by atoms with van der Waals surface area (Å²) in [5, 5.41) is 0. The van der Waals surface area contributed by atoms with Crippen molar-refractivity contribution in [2.45, 2.75) is 0 Å². The fourth-order valence-electron chi connectivity index (χ4n) is 1.34. The minimum Gasteiger partial charge on any atom is -0.368 e. The Bertz CT molecular complexity index is 541. The molecule has 0 aliphatic carbocycles. The molecule has 5 nitrogen and oxygen atoms in total. The van der Waals surface area contributed by atoms with Crippen LogP contribution in [0.1, 0.15) is 0 Å². The molecule has 2 rings (SSSR count). The highest BCUT2D eigenvalue weighted by Gasteiger charge is 2.10. The van der Waals surface area contributed by atoms with Gasteiger partial charge in [-0.05, 0) is 6.07 Å². The van der Waals surface area contributed by atoms with Crippen LogP contribution in [0.5, 0.6) is 0 Å². The largest absolute Gasteiger partial charge is 0.368 e. The molecule has 1 aromatic heterocycles. The monoisotopic (exact) mass is 293 g/mol. The molecular weight excluding hydrogens is 282 g/mol. The number of aromatic nitrogens is 3. The summed E-state index contributed by atoms with van der Waals surface area (Å²) in [6.45, 7) is 0. The molecule has 17 heavy (non-hydrogen) atoms. The second kappa shape index (κ2) is 4.67. The van der Waals surface area contributed by atoms with E-state index in [1.807, 2.05) is 38.4 Å². The number of nitrogens with two attached hydrogens (primary N) is 1. The maximum Gasteiger partial charge on any atom is 0.230 e. The first-order valence-corrected chi connectivity index (χ1v) is 5.81. The molecular formula is C11H12BrN5. The average molecular weight is 294 g/mol. The summed E-state index contributed by atoms with van der Waals surface area (Å²) < 4.78 is 0.926. The van der Waals surface area contributed by atoms with Gasteiger partial charge in [0.05, 0.1) is 0 Å². The van der Waals surface area contributed by atoms with Gasteiger partial charge in [0.2, 0.25) is 11.9 Å². The normalized spacial score (nSPS) is 10.3. The van der Waals surface area contributed by atoms with Gasteiger partial charge in [-0.2, -0.15) is 15.0 Å². The molecule has 2 N–H and O–H groups in total. The maximum atomic E-state index is 5.68. The molecule has 0 radical (unpaired) electrons. The number of rotatable bonds is 2. The Balaban J connectivity index is 2.56. The van der Waals surface area contributed by atoms with E-state index in [2.05, 4.69) is 30.9 Å². The van der Waals surface area contributed by atoms with Gasteiger partial charge in [0.1, 0.15) is 0 Å². The summed E-state index contributed by atoms with van der Waals surface area (Å²) in [5.74, 6) is 1.33. The summed E-state index contributed by atoms with van der Waals surface area (Å²) in [5.41, 5.74) is 6.57. The molecule has 0 aliphatic rings. The minimum atomic E-state index is 0.217. The van der Waals surface area contributed by atoms with Crippen molar-refractivity contribution in [2.75, 3.05) is 24.7 Å². The molecule has 2 aromatic rings. The Morgan fingerprint density at radius 3 is 2.47 bits per heavy atom. The van der Waals surface area contributed by atoms with E-state index in [1.165, 1.54) is 0 Å². The number of halogens is 1. The number of hydrogen-bond donors (Lipinski definition) is 1. The second-order valence-corrected chi connectivity index (χ2v) is 4.55. The van der Waals surface area contributed by atoms with Crippen molar-refractivity contribution in [1.29, 1.82) is 0 Å². The van der Waals surface area contributed by atoms with Crippen LogP contribution >= 0.6 is 15.9 Å². The highest BCUT2D eigenvalue weighted by molar-refractivity contribution is 9.10. The first-order valence-electron chi connectivity index (χ1n) is 5.01. The van der Waals surface area contributed by atoms with Crippen LogP contribution in [-0.2, 0) is 0 Å². The van der Waals surface area contributed by atoms with Gasteiger partial charge in [0, 0.05) is 24.1 Å². The number of nitrogens with zero attached hydrogens (tertiary/aromatic N) is 4. The molecule has 0 saturated heterocycles. The molecule has 0 saturated carbocycles. The molecule has 0 fully saturated rings. The topological polar surface area (TPSA) is 67.9 Å². The van der Waals surface area contributed by atoms with E-state index < -0.39 is 0 Å². The zero-order chi connectivity index (χ0) is 12.4. The van der Waals surface area contributed by atoms with Crippen LogP contribution in [0.25, 0.3) is 11.4 Å². The Morgan fingerprint density at radius 2 is 1.82 bits per heavy atom. The van der Waals surface area contributed by atoms with Gasteiger partial charge in [-0.15, -0.1) is 0 Å². The molecule has 0 atom stereocenters. The summed E-state index contributed by atoms with van der Waals surface area (Å²) in [4.78, 5) is 14.3. The molecule has 6 heteroatoms. The van der Waals surface area contributed by atoms with E-state index in [0.717, 1.165) is 10.0 Å². The van der Waals surface area contributed by atoms with Gasteiger partial charge in [-0.1, -0.05) is 34.1 Å². The number of anilines is 2. The predicted octanol–water partition coefficient (Wildman–Crippen LogP) is 1.95. The first-order chi connectivity index (χ1) is 8.08. The zero-order valence-corrected chi connectivity index (χ0v) is 11.1. The van der Waals surface area contributed by atoms with Crippen LogP contribution in [0, 0.1) is 0 Å². The third-order valence-electron chi connectivity index (χ3n) is 2.16. The van der Waals surface area contributed by atoms with Crippen LogP contribution in [0.15, 0.2) is 28.7 Å². The Morgan fingerprint density at radius 1 is 1.12 bits per heavy atom. The van der Waals surface area contributed by atoms with Crippen molar-refractivity contribution >= 4 is 27.8 Å². The molecule has 0 amide bonds. The quantitative estimate of drug-likeness (QED) is 0.917. The van der Waals surface area contributed by atoms with Gasteiger partial charge in [-0.3, -0.25) is 0 Å². The third-order valence-corrected chi connectivity index (χ3v) is 2.85. The van der Waals surface area contributed by atoms with Crippen molar-refractivity contribution in [3.8, 4) is 11.4 Å². The lowest BCUT2D eigenvalue weighted by atomic mass is 10.2. The fourth-order valence-corrected chi connectivity index (χ4v) is 1.81. The highest BCUT2D eigenvalue weighted by Crippen LogP contribution is 2.26. The summed E-state index contributed by atoms with van der Waals surface area (Å²) >= 11 is 3.46. The predicted molar refractivity (Wildman–Crippen MR) is 71.7 cm³/mol. The Kier molecular flexibility index (Phi) is 3.23. The summed E-state index contributed by atoms with van der Waals surface area (Å²) in [6.07, 6.45) is 0. The molecule has 0 bridgehead atoms. The molecule has 1 aromatic carbocycles. The van der Waals surface area contributed by atoms with Crippen LogP contribution in [0.3, 0.4) is 0 Å². The van der Waals surface area contributed by atoms with Gasteiger partial charge in [-0.25, -0.2) is 0 Å². The van der Waals surface area contributed by atoms with Crippen LogP contribution in [-0.4, -0.2) is 29.0 Å². The van der Waals surface area contributed by atoms with Crippen molar-refractivity contribution in [3.05, 3.63) is 28.7 Å². The van der Waals surface area contributed by atoms with Crippen molar-refractivity contribution < 1.29 is 0 Å². The van der Waals surface area contributed by atoms with E-state index in [-0.39, 0.29) is 5.95 Å². The van der Waals surface area contributed by atoms with Gasteiger partial charge < -0.3 is 10.6 Å². The third kappa shape index (κ3) is 2.52. The van der Waals surface area contributed by atoms with Crippen LogP contribution in [0.4, 0.5) is 11.9 Å². The summed E-state index contributed by atoms with van der Waals surface area (Å²) in [6, 6.07) is 7.73. The van der Waals surface area contributed by atoms with Crippen molar-refractivity contribution in [2.24, 2.45) is 0 Å². The number of benzene rings is 1. The van der Waals surface area contributed by atoms with Gasteiger partial charge in [0.25, 0.3) is 0 Å². The molecule has 0 unspecified atom stereocenters. The Hall–Kier alpha value is -1.69. The Labute approximate surface area is 108 Å². The number of hydrogen-bond acceptors (Lipinski definition) is 5. The minimum absolute atomic E-state index is 0.217. The number of nitrogen functional groups attached to an aromatic ring is 1. The van der Waals surface area contributed by atoms with E-state index in [4.69, 9.17) is 5.73 Å². The molecule has 0 aliphatic heterocycles. The molecule has 1 heterocycles. The molecule has 0 spiro atoms. The van der Waals surface area contributed by atoms with Crippen molar-refractivity contribution in [3.63, 3.8) is 0 Å². The van der Waals surface area contributed by atoms with E-state index in [0.29, 0.717) is 11.8 Å². The summed E-state index contributed by atoms with van der Waals surface area (Å²) in [7, 11) is 3.72. The standard InChI is InChI=1S/C11H12BrN5/c1-17(2)11-15-9(14-10(13)16-11)7-5-3-4-6-8(7)12/h3-6H,1-2H3,(H2,13,14,15,16). The van der Waals surface area contributed by atoms with E-state index >= 15 is 0 Å². The fraction of sp³-hybridized carbons (Fsp3) is 0.182. The average Bonchev–Trinajstić information content (AvgIpc) is 2.28. The van der Waals surface area contributed by atoms with Crippen molar-refractivity contribution in [1.82, 2.24) is 15.0 Å². The lowest BCUT2D eigenvalue weighted by Crippen LogP contribution is -2.15. The van der Waals surface area contributed by atoms with Crippen LogP contribution < -0.4 is 10.6 Å². The maximum absolute atomic E-state index is 5.68. The smallest absolute Gasteiger partial charge is 0.230 e. The molecule has 88 valence electrons. The zero-order valence-electron chi connectivity index (χ0n) is 9.55. The van der Waals surface area contributed by atoms with E-state index in [1.54, 1.807) is 4.90 Å². The van der Waals surface area contributed by atoms with Gasteiger partial charge in [0.15, 0.2) is 5.82 Å². The lowest BCUT2D eigenvalue weighted by Gasteiger charge is -2.11. The SMILES string of the molecule is CN(C)c1nc(N)nc(-c2ccccc2Br)n1. The highest BCUT2D eigenvalue weighted by atomic mass is 79.9. The lowest BCUT2D eigenvalue weighted by molar-refractivity contribution is 0.970. The first kappa shape index (κ1) is 11.8. The second-order valence-electron chi connectivity index (χ2n) is 3.69. The van der Waals surface area contributed by atoms with Gasteiger partial charge >= 0.3 is 0 Å². The van der Waals surface area contributed by atoms with E-state index in [9.17, 15) is 0 Å².